The van der Waals surface area contributed by atoms with Crippen LogP contribution in [0.15, 0.2) is 83.9 Å². The highest BCUT2D eigenvalue weighted by Gasteiger charge is 2.27. The quantitative estimate of drug-likeness (QED) is 0.0883. The van der Waals surface area contributed by atoms with E-state index in [1.807, 2.05) is 48.9 Å². The highest BCUT2D eigenvalue weighted by molar-refractivity contribution is 7.98. The molecule has 0 radical (unpaired) electrons. The number of aromatic nitrogens is 1. The largest absolute Gasteiger partial charge is 0.361 e. The summed E-state index contributed by atoms with van der Waals surface area (Å²) in [6, 6.07) is 20.7. The highest BCUT2D eigenvalue weighted by atomic mass is 32.2. The number of nitrogens with one attached hydrogen (secondary N) is 3. The van der Waals surface area contributed by atoms with Crippen molar-refractivity contribution < 1.29 is 18.0 Å². The lowest BCUT2D eigenvalue weighted by Crippen LogP contribution is -2.44. The molecule has 0 saturated carbocycles. The fraction of sp³-hybridized carbons (Fsp3) is 0.463. The van der Waals surface area contributed by atoms with Gasteiger partial charge in [0.2, 0.25) is 0 Å². The van der Waals surface area contributed by atoms with E-state index in [1.165, 1.54) is 4.31 Å². The van der Waals surface area contributed by atoms with E-state index in [4.69, 9.17) is 0 Å². The number of nitrogens with zero attached hydrogens (tertiary/aromatic N) is 1. The first-order valence-corrected chi connectivity index (χ1v) is 20.9. The van der Waals surface area contributed by atoms with Crippen molar-refractivity contribution in [1.29, 1.82) is 0 Å². The van der Waals surface area contributed by atoms with Crippen LogP contribution in [0.25, 0.3) is 10.9 Å². The number of Topliss-reactive ketones (excluding diaryl/α,β-unsaturated/α-hetero) is 1. The summed E-state index contributed by atoms with van der Waals surface area (Å²) in [4.78, 5) is 30.6. The van der Waals surface area contributed by atoms with E-state index in [0.29, 0.717) is 43.1 Å². The highest BCUT2D eigenvalue weighted by Crippen LogP contribution is 2.29. The summed E-state index contributed by atoms with van der Waals surface area (Å²) < 4.78 is 29.3. The molecule has 3 aromatic carbocycles. The average molecular weight is 733 g/mol. The third kappa shape index (κ3) is 11.4. The summed E-state index contributed by atoms with van der Waals surface area (Å²) in [6.07, 6.45) is 8.52. The van der Waals surface area contributed by atoms with Crippen LogP contribution in [-0.2, 0) is 26.7 Å². The van der Waals surface area contributed by atoms with E-state index < -0.39 is 22.1 Å². The predicted octanol–water partition coefficient (Wildman–Crippen LogP) is 9.57. The summed E-state index contributed by atoms with van der Waals surface area (Å²) >= 11 is 1.67. The number of anilines is 2. The molecule has 0 aliphatic heterocycles. The van der Waals surface area contributed by atoms with Gasteiger partial charge in [0.25, 0.3) is 10.0 Å². The molecule has 0 aliphatic carbocycles. The number of ketones is 1. The summed E-state index contributed by atoms with van der Waals surface area (Å²) in [6.45, 7) is 13.1. The molecular formula is C41H56N4O4S2. The molecule has 1 heterocycles. The topological polar surface area (TPSA) is 111 Å². The van der Waals surface area contributed by atoms with Gasteiger partial charge in [-0.05, 0) is 89.3 Å². The first-order chi connectivity index (χ1) is 24.2. The van der Waals surface area contributed by atoms with Crippen molar-refractivity contribution in [2.75, 3.05) is 28.2 Å². The number of rotatable bonds is 18. The van der Waals surface area contributed by atoms with Crippen molar-refractivity contribution in [3.05, 3.63) is 90.1 Å². The maximum absolute atomic E-state index is 13.9. The van der Waals surface area contributed by atoms with Crippen molar-refractivity contribution >= 4 is 55.9 Å². The molecule has 8 nitrogen and oxygen atoms in total. The molecule has 4 aromatic rings. The van der Waals surface area contributed by atoms with Gasteiger partial charge in [0.15, 0.2) is 5.78 Å². The Morgan fingerprint density at radius 1 is 0.902 bits per heavy atom. The van der Waals surface area contributed by atoms with Gasteiger partial charge in [-0.2, -0.15) is 11.8 Å². The lowest BCUT2D eigenvalue weighted by atomic mass is 9.87. The fourth-order valence-corrected chi connectivity index (χ4v) is 8.18. The smallest absolute Gasteiger partial charge is 0.319 e. The normalized spacial score (nSPS) is 13.3. The van der Waals surface area contributed by atoms with Crippen LogP contribution < -0.4 is 14.9 Å². The van der Waals surface area contributed by atoms with Crippen LogP contribution in [0.3, 0.4) is 0 Å². The van der Waals surface area contributed by atoms with Crippen molar-refractivity contribution in [2.45, 2.75) is 96.4 Å². The Morgan fingerprint density at radius 2 is 1.59 bits per heavy atom. The zero-order valence-electron chi connectivity index (χ0n) is 31.3. The van der Waals surface area contributed by atoms with Crippen LogP contribution in [0.1, 0.15) is 84.8 Å². The molecule has 4 rings (SSSR count). The van der Waals surface area contributed by atoms with Crippen LogP contribution in [0.5, 0.6) is 0 Å². The van der Waals surface area contributed by atoms with Gasteiger partial charge in [-0.25, -0.2) is 13.2 Å². The Labute approximate surface area is 309 Å². The van der Waals surface area contributed by atoms with E-state index in [1.54, 1.807) is 48.2 Å². The van der Waals surface area contributed by atoms with Gasteiger partial charge in [0, 0.05) is 42.2 Å². The van der Waals surface area contributed by atoms with Gasteiger partial charge in [0.05, 0.1) is 16.6 Å². The standard InChI is InChI=1S/C41H56N4O4S2/c1-29(2)12-10-13-30(3)26-39(46)38(27-31-28-42-37-15-9-8-14-36(31)37)44-40(47)43-33-18-20-34(21-19-33)45(24-11-25-50-7)51(48,49)35-22-16-32(17-23-35)41(4,5)6/h8-9,14-23,28-30,38,42H,10-13,24-27H2,1-7H3,(H2,43,44,47)/t30?,38-/m1/s1. The molecular weight excluding hydrogens is 677 g/mol. The third-order valence-corrected chi connectivity index (χ3v) is 11.8. The number of para-hydroxylation sites is 1. The van der Waals surface area contributed by atoms with E-state index in [9.17, 15) is 18.0 Å². The predicted molar refractivity (Wildman–Crippen MR) is 215 cm³/mol. The second-order valence-corrected chi connectivity index (χ2v) is 17.9. The summed E-state index contributed by atoms with van der Waals surface area (Å²) in [5, 5.41) is 6.86. The summed E-state index contributed by atoms with van der Waals surface area (Å²) in [7, 11) is -3.83. The Kier molecular flexibility index (Phi) is 14.2. The first kappa shape index (κ1) is 40.0. The van der Waals surface area contributed by atoms with E-state index >= 15 is 0 Å². The van der Waals surface area contributed by atoms with Crippen molar-refractivity contribution in [2.24, 2.45) is 11.8 Å². The number of hydrogen-bond donors (Lipinski definition) is 3. The molecule has 0 saturated heterocycles. The lowest BCUT2D eigenvalue weighted by molar-refractivity contribution is -0.121. The van der Waals surface area contributed by atoms with Crippen molar-refractivity contribution in [1.82, 2.24) is 10.3 Å². The first-order valence-electron chi connectivity index (χ1n) is 18.1. The minimum atomic E-state index is -3.83. The van der Waals surface area contributed by atoms with Gasteiger partial charge >= 0.3 is 6.03 Å². The number of aromatic amines is 1. The molecule has 51 heavy (non-hydrogen) atoms. The summed E-state index contributed by atoms with van der Waals surface area (Å²) in [5.74, 6) is 1.67. The molecule has 2 atom stereocenters. The minimum absolute atomic E-state index is 0.00412. The molecule has 0 aliphatic rings. The lowest BCUT2D eigenvalue weighted by Gasteiger charge is -2.26. The molecule has 1 unspecified atom stereocenters. The Balaban J connectivity index is 1.50. The number of benzene rings is 3. The monoisotopic (exact) mass is 732 g/mol. The minimum Gasteiger partial charge on any atom is -0.361 e. The molecule has 0 spiro atoms. The number of H-pyrrole nitrogens is 1. The Hall–Kier alpha value is -3.76. The second-order valence-electron chi connectivity index (χ2n) is 15.1. The van der Waals surface area contributed by atoms with Crippen molar-refractivity contribution in [3.8, 4) is 0 Å². The maximum atomic E-state index is 13.9. The molecule has 0 fully saturated rings. The molecule has 0 bridgehead atoms. The van der Waals surface area contributed by atoms with Crippen LogP contribution >= 0.6 is 11.8 Å². The number of sulfonamides is 1. The zero-order valence-corrected chi connectivity index (χ0v) is 32.9. The number of hydrogen-bond acceptors (Lipinski definition) is 5. The number of thioether (sulfide) groups is 1. The van der Waals surface area contributed by atoms with E-state index in [-0.39, 0.29) is 22.0 Å². The van der Waals surface area contributed by atoms with Gasteiger partial charge in [-0.1, -0.05) is 91.1 Å². The van der Waals surface area contributed by atoms with E-state index in [2.05, 4.69) is 57.2 Å². The molecule has 1 aromatic heterocycles. The SMILES string of the molecule is CSCCCN(c1ccc(NC(=O)N[C@H](Cc2c[nH]c3ccccc23)C(=O)CC(C)CCCC(C)C)cc1)S(=O)(=O)c1ccc(C(C)(C)C)cc1. The number of carbonyl (C=O) groups is 2. The van der Waals surface area contributed by atoms with Crippen LogP contribution in [0.4, 0.5) is 16.2 Å². The number of fused-ring (bicyclic) bond motifs is 1. The van der Waals surface area contributed by atoms with E-state index in [0.717, 1.165) is 47.0 Å². The van der Waals surface area contributed by atoms with Gasteiger partial charge < -0.3 is 15.6 Å². The van der Waals surface area contributed by atoms with Crippen LogP contribution in [0, 0.1) is 11.8 Å². The molecule has 276 valence electrons. The summed E-state index contributed by atoms with van der Waals surface area (Å²) in [5.41, 5.74) is 3.93. The Morgan fingerprint density at radius 3 is 2.24 bits per heavy atom. The molecule has 10 heteroatoms. The van der Waals surface area contributed by atoms with Crippen LogP contribution in [-0.4, -0.2) is 49.8 Å². The zero-order chi connectivity index (χ0) is 37.2. The number of carbonyl (C=O) groups excluding carboxylic acids is 2. The van der Waals surface area contributed by atoms with Gasteiger partial charge in [0.1, 0.15) is 0 Å². The third-order valence-electron chi connectivity index (χ3n) is 9.25. The second kappa shape index (κ2) is 18.1. The Bertz CT molecular complexity index is 1830. The molecule has 3 N–H and O–H groups in total. The average Bonchev–Trinajstić information content (AvgIpc) is 3.49. The number of urea groups is 1. The van der Waals surface area contributed by atoms with Crippen LogP contribution in [0.2, 0.25) is 0 Å². The number of amides is 2. The van der Waals surface area contributed by atoms with Crippen molar-refractivity contribution in [3.63, 3.8) is 0 Å². The maximum Gasteiger partial charge on any atom is 0.319 e. The van der Waals surface area contributed by atoms with Gasteiger partial charge in [-0.15, -0.1) is 0 Å². The van der Waals surface area contributed by atoms with Gasteiger partial charge in [-0.3, -0.25) is 9.10 Å². The fourth-order valence-electron chi connectivity index (χ4n) is 6.26. The molecule has 2 amide bonds.